The molecule has 5 nitrogen and oxygen atoms in total. The Labute approximate surface area is 239 Å². The summed E-state index contributed by atoms with van der Waals surface area (Å²) in [6.45, 7) is 8.40. The Morgan fingerprint density at radius 1 is 0.850 bits per heavy atom. The molecule has 40 heavy (non-hydrogen) atoms. The third-order valence-corrected chi connectivity index (χ3v) is 8.95. The number of piperidine rings is 1. The number of likely N-dealkylation sites (tertiary alicyclic amines) is 1. The highest BCUT2D eigenvalue weighted by Gasteiger charge is 2.21. The molecule has 2 aliphatic heterocycles. The van der Waals surface area contributed by atoms with E-state index < -0.39 is 0 Å². The molecule has 0 aromatic heterocycles. The quantitative estimate of drug-likeness (QED) is 0.185. The van der Waals surface area contributed by atoms with Crippen molar-refractivity contribution in [3.63, 3.8) is 0 Å². The molecule has 0 radical (unpaired) electrons. The van der Waals surface area contributed by atoms with Crippen LogP contribution in [0.2, 0.25) is 0 Å². The first-order chi connectivity index (χ1) is 19.4. The maximum absolute atomic E-state index is 13.1. The number of hydrogen-bond acceptors (Lipinski definition) is 4. The summed E-state index contributed by atoms with van der Waals surface area (Å²) in [6.07, 6.45) is 7.22. The number of nitrogen functional groups attached to an aromatic ring is 1. The highest BCUT2D eigenvalue weighted by Crippen LogP contribution is 2.25. The lowest BCUT2D eigenvalue weighted by Crippen LogP contribution is -2.33. The van der Waals surface area contributed by atoms with Crippen molar-refractivity contribution >= 4 is 11.6 Å². The van der Waals surface area contributed by atoms with Gasteiger partial charge in [-0.15, -0.1) is 0 Å². The molecule has 3 N–H and O–H groups in total. The topological polar surface area (TPSA) is 73.4 Å². The minimum atomic E-state index is 0.126. The maximum atomic E-state index is 13.1. The number of Topliss-reactive ketones (excluding diaryl/α,β-unsaturated/α-hetero) is 1. The minimum Gasteiger partial charge on any atom is -0.384 e. The predicted molar refractivity (Wildman–Crippen MR) is 164 cm³/mol. The monoisotopic (exact) mass is 536 g/mol. The van der Waals surface area contributed by atoms with Gasteiger partial charge in [-0.3, -0.25) is 20.0 Å². The Hall–Kier alpha value is -3.28. The van der Waals surface area contributed by atoms with Crippen LogP contribution in [0, 0.1) is 18.3 Å². The molecule has 2 aliphatic rings. The van der Waals surface area contributed by atoms with Gasteiger partial charge in [0.15, 0.2) is 5.78 Å². The van der Waals surface area contributed by atoms with Crippen LogP contribution in [0.3, 0.4) is 0 Å². The summed E-state index contributed by atoms with van der Waals surface area (Å²) in [5.74, 6) is 1.13. The first kappa shape index (κ1) is 28.3. The second-order valence-corrected chi connectivity index (χ2v) is 11.8. The summed E-state index contributed by atoms with van der Waals surface area (Å²) in [5, 5.41) is 7.66. The van der Waals surface area contributed by atoms with Gasteiger partial charge in [0.2, 0.25) is 0 Å². The maximum Gasteiger partial charge on any atom is 0.162 e. The predicted octanol–water partition coefficient (Wildman–Crippen LogP) is 6.15. The largest absolute Gasteiger partial charge is 0.384 e. The van der Waals surface area contributed by atoms with Crippen LogP contribution in [0.1, 0.15) is 75.8 Å². The number of carbonyl (C=O) groups is 1. The fourth-order valence-corrected chi connectivity index (χ4v) is 6.36. The molecular weight excluding hydrogens is 492 g/mol. The van der Waals surface area contributed by atoms with Crippen molar-refractivity contribution in [2.24, 2.45) is 11.7 Å². The smallest absolute Gasteiger partial charge is 0.162 e. The summed E-state index contributed by atoms with van der Waals surface area (Å²) in [5.41, 5.74) is 14.1. The van der Waals surface area contributed by atoms with Crippen LogP contribution in [0.5, 0.6) is 0 Å². The van der Waals surface area contributed by atoms with E-state index in [4.69, 9.17) is 11.1 Å². The van der Waals surface area contributed by atoms with E-state index in [0.29, 0.717) is 18.1 Å². The van der Waals surface area contributed by atoms with Gasteiger partial charge in [-0.1, -0.05) is 54.6 Å². The highest BCUT2D eigenvalue weighted by atomic mass is 16.1. The Balaban J connectivity index is 1.05. The molecule has 1 fully saturated rings. The summed E-state index contributed by atoms with van der Waals surface area (Å²) in [6, 6.07) is 23.2. The Morgan fingerprint density at radius 3 is 2.38 bits per heavy atom. The van der Waals surface area contributed by atoms with Gasteiger partial charge in [0, 0.05) is 43.7 Å². The molecule has 5 heteroatoms. The molecule has 3 aromatic rings. The minimum absolute atomic E-state index is 0.126. The number of amidine groups is 1. The summed E-state index contributed by atoms with van der Waals surface area (Å²) in [4.78, 5) is 18.1. The molecule has 0 aliphatic carbocycles. The van der Waals surface area contributed by atoms with Gasteiger partial charge in [-0.05, 0) is 104 Å². The summed E-state index contributed by atoms with van der Waals surface area (Å²) < 4.78 is 0. The van der Waals surface area contributed by atoms with E-state index in [1.54, 1.807) is 0 Å². The van der Waals surface area contributed by atoms with Crippen LogP contribution in [-0.2, 0) is 25.9 Å². The normalized spacial score (nSPS) is 16.8. The lowest BCUT2D eigenvalue weighted by molar-refractivity contribution is 0.0974. The van der Waals surface area contributed by atoms with Crippen molar-refractivity contribution in [2.75, 3.05) is 26.2 Å². The number of hydrogen-bond donors (Lipinski definition) is 2. The van der Waals surface area contributed by atoms with Gasteiger partial charge < -0.3 is 5.73 Å². The van der Waals surface area contributed by atoms with Crippen molar-refractivity contribution in [1.82, 2.24) is 9.80 Å². The van der Waals surface area contributed by atoms with E-state index in [1.807, 2.05) is 18.2 Å². The number of benzene rings is 3. The lowest BCUT2D eigenvalue weighted by Gasteiger charge is -2.32. The average Bonchev–Trinajstić information content (AvgIpc) is 3.17. The van der Waals surface area contributed by atoms with Gasteiger partial charge in [0.25, 0.3) is 0 Å². The molecular formula is C35H44N4O. The molecule has 3 aromatic carbocycles. The number of carbonyl (C=O) groups excluding carboxylic acids is 1. The van der Waals surface area contributed by atoms with Crippen LogP contribution in [-0.4, -0.2) is 47.6 Å². The molecule has 5 rings (SSSR count). The average molecular weight is 537 g/mol. The van der Waals surface area contributed by atoms with E-state index in [1.165, 1.54) is 40.7 Å². The Kier molecular flexibility index (Phi) is 9.45. The first-order valence-electron chi connectivity index (χ1n) is 15.0. The summed E-state index contributed by atoms with van der Waals surface area (Å²) in [7, 11) is 0. The van der Waals surface area contributed by atoms with Gasteiger partial charge in [0.05, 0.1) is 0 Å². The Morgan fingerprint density at radius 2 is 1.60 bits per heavy atom. The van der Waals surface area contributed by atoms with E-state index >= 15 is 0 Å². The van der Waals surface area contributed by atoms with Crippen LogP contribution >= 0.6 is 0 Å². The van der Waals surface area contributed by atoms with Crippen molar-refractivity contribution in [2.45, 2.75) is 65.0 Å². The molecule has 2 heterocycles. The van der Waals surface area contributed by atoms with E-state index in [0.717, 1.165) is 76.1 Å². The summed E-state index contributed by atoms with van der Waals surface area (Å²) >= 11 is 0. The SMILES string of the molecule is Cc1ccccc1CN1CCc2ccc(C(=O)CCCC3CCN(Cc4cccc(C(=N)N)c4)CC3)cc2CC1. The second-order valence-electron chi connectivity index (χ2n) is 11.8. The van der Waals surface area contributed by atoms with Crippen LogP contribution < -0.4 is 5.73 Å². The third-order valence-electron chi connectivity index (χ3n) is 8.95. The number of ketones is 1. The van der Waals surface area contributed by atoms with Crippen LogP contribution in [0.4, 0.5) is 0 Å². The molecule has 0 atom stereocenters. The van der Waals surface area contributed by atoms with E-state index in [-0.39, 0.29) is 5.84 Å². The second kappa shape index (κ2) is 13.4. The van der Waals surface area contributed by atoms with Gasteiger partial charge in [-0.25, -0.2) is 0 Å². The van der Waals surface area contributed by atoms with Gasteiger partial charge in [-0.2, -0.15) is 0 Å². The molecule has 0 unspecified atom stereocenters. The highest BCUT2D eigenvalue weighted by molar-refractivity contribution is 5.96. The van der Waals surface area contributed by atoms with Crippen LogP contribution in [0.25, 0.3) is 0 Å². The Bertz CT molecular complexity index is 1320. The zero-order valence-corrected chi connectivity index (χ0v) is 24.0. The molecule has 210 valence electrons. The number of aryl methyl sites for hydroxylation is 1. The van der Waals surface area contributed by atoms with Gasteiger partial charge >= 0.3 is 0 Å². The number of nitrogens with two attached hydrogens (primary N) is 1. The molecule has 1 saturated heterocycles. The number of rotatable bonds is 10. The molecule has 0 amide bonds. The molecule has 0 bridgehead atoms. The van der Waals surface area contributed by atoms with Crippen molar-refractivity contribution in [3.8, 4) is 0 Å². The fourth-order valence-electron chi connectivity index (χ4n) is 6.36. The molecule has 0 saturated carbocycles. The third kappa shape index (κ3) is 7.47. The standard InChI is InChI=1S/C35H44N4O/c1-26-6-2-3-9-33(26)25-39-20-16-29-12-13-31(23-30(29)17-21-39)34(40)11-5-7-27-14-18-38(19-15-27)24-28-8-4-10-32(22-28)35(36)37/h2-4,6,8-10,12-13,22-23,27H,5,7,11,14-21,24-25H2,1H3,(H3,36,37). The van der Waals surface area contributed by atoms with Crippen molar-refractivity contribution < 1.29 is 4.79 Å². The first-order valence-corrected chi connectivity index (χ1v) is 15.0. The number of fused-ring (bicyclic) bond motifs is 1. The van der Waals surface area contributed by atoms with E-state index in [2.05, 4.69) is 65.3 Å². The molecule has 0 spiro atoms. The van der Waals surface area contributed by atoms with Crippen LogP contribution in [0.15, 0.2) is 66.7 Å². The fraction of sp³-hybridized carbons (Fsp3) is 0.429. The zero-order chi connectivity index (χ0) is 27.9. The van der Waals surface area contributed by atoms with Crippen molar-refractivity contribution in [3.05, 3.63) is 106 Å². The number of nitrogens with zero attached hydrogens (tertiary/aromatic N) is 2. The number of nitrogens with one attached hydrogen (secondary N) is 1. The lowest BCUT2D eigenvalue weighted by atomic mass is 9.90. The van der Waals surface area contributed by atoms with Gasteiger partial charge in [0.1, 0.15) is 5.84 Å². The zero-order valence-electron chi connectivity index (χ0n) is 24.0. The van der Waals surface area contributed by atoms with Crippen molar-refractivity contribution in [1.29, 1.82) is 5.41 Å². The van der Waals surface area contributed by atoms with E-state index in [9.17, 15) is 4.79 Å².